The Morgan fingerprint density at radius 2 is 2.20 bits per heavy atom. The minimum atomic E-state index is -0.304. The van der Waals surface area contributed by atoms with E-state index in [2.05, 4.69) is 25.6 Å². The Bertz CT molecular complexity index is 578. The van der Waals surface area contributed by atoms with Crippen LogP contribution in [0.3, 0.4) is 0 Å². The molecule has 1 fully saturated rings. The van der Waals surface area contributed by atoms with Crippen LogP contribution in [0.5, 0.6) is 0 Å². The van der Waals surface area contributed by atoms with E-state index in [1.807, 2.05) is 6.07 Å². The van der Waals surface area contributed by atoms with E-state index in [-0.39, 0.29) is 17.6 Å². The van der Waals surface area contributed by atoms with Gasteiger partial charge in [0.05, 0.1) is 24.1 Å². The number of carbonyl (C=O) groups is 1. The summed E-state index contributed by atoms with van der Waals surface area (Å²) in [6.07, 6.45) is 7.00. The first-order valence-corrected chi connectivity index (χ1v) is 6.60. The number of anilines is 1. The number of carbonyl (C=O) groups excluding carboxylic acids is 1. The summed E-state index contributed by atoms with van der Waals surface area (Å²) in [5, 5.41) is 6.03. The maximum absolute atomic E-state index is 12.0. The standard InChI is InChI=1S/C14H15N5O/c20-14(19-13-5-1-2-6-16-13)12-9-17-11(8-18-12)10-4-3-7-15-10/h1-2,5-6,8-10,15H,3-4,7H2,(H,16,19,20)/t10-/m1/s1. The Morgan fingerprint density at radius 1 is 1.25 bits per heavy atom. The fraction of sp³-hybridized carbons (Fsp3) is 0.286. The minimum absolute atomic E-state index is 0.260. The number of amides is 1. The molecular formula is C14H15N5O. The fourth-order valence-electron chi connectivity index (χ4n) is 2.19. The molecule has 102 valence electrons. The second kappa shape index (κ2) is 5.75. The van der Waals surface area contributed by atoms with Gasteiger partial charge in [-0.15, -0.1) is 0 Å². The summed E-state index contributed by atoms with van der Waals surface area (Å²) in [4.78, 5) is 24.5. The largest absolute Gasteiger partial charge is 0.309 e. The Balaban J connectivity index is 1.69. The van der Waals surface area contributed by atoms with E-state index in [9.17, 15) is 4.79 Å². The highest BCUT2D eigenvalue weighted by atomic mass is 16.1. The summed E-state index contributed by atoms with van der Waals surface area (Å²) in [7, 11) is 0. The van der Waals surface area contributed by atoms with Gasteiger partial charge >= 0.3 is 0 Å². The molecule has 1 saturated heterocycles. The molecule has 1 aliphatic heterocycles. The van der Waals surface area contributed by atoms with Crippen LogP contribution in [0.4, 0.5) is 5.82 Å². The molecule has 2 aromatic rings. The van der Waals surface area contributed by atoms with Gasteiger partial charge in [0, 0.05) is 6.20 Å². The maximum Gasteiger partial charge on any atom is 0.277 e. The lowest BCUT2D eigenvalue weighted by atomic mass is 10.2. The van der Waals surface area contributed by atoms with Crippen molar-refractivity contribution in [1.82, 2.24) is 20.3 Å². The second-order valence-corrected chi connectivity index (χ2v) is 4.64. The smallest absolute Gasteiger partial charge is 0.277 e. The minimum Gasteiger partial charge on any atom is -0.309 e. The molecule has 3 rings (SSSR count). The van der Waals surface area contributed by atoms with Crippen LogP contribution >= 0.6 is 0 Å². The molecule has 2 N–H and O–H groups in total. The van der Waals surface area contributed by atoms with Crippen LogP contribution in [0, 0.1) is 0 Å². The predicted molar refractivity (Wildman–Crippen MR) is 74.2 cm³/mol. The molecule has 0 spiro atoms. The number of rotatable bonds is 3. The van der Waals surface area contributed by atoms with Gasteiger partial charge in [0.15, 0.2) is 0 Å². The first-order valence-electron chi connectivity index (χ1n) is 6.60. The molecule has 0 aliphatic carbocycles. The first-order chi connectivity index (χ1) is 9.83. The van der Waals surface area contributed by atoms with Gasteiger partial charge in [-0.05, 0) is 31.5 Å². The topological polar surface area (TPSA) is 79.8 Å². The highest BCUT2D eigenvalue weighted by Gasteiger charge is 2.18. The number of aromatic nitrogens is 3. The van der Waals surface area contributed by atoms with Crippen molar-refractivity contribution in [3.63, 3.8) is 0 Å². The lowest BCUT2D eigenvalue weighted by Gasteiger charge is -2.09. The summed E-state index contributed by atoms with van der Waals surface area (Å²) in [5.74, 6) is 0.197. The molecule has 3 heterocycles. The van der Waals surface area contributed by atoms with Gasteiger partial charge in [0.2, 0.25) is 0 Å². The van der Waals surface area contributed by atoms with Gasteiger partial charge in [-0.2, -0.15) is 0 Å². The Kier molecular flexibility index (Phi) is 3.64. The molecule has 0 saturated carbocycles. The molecule has 0 unspecified atom stereocenters. The summed E-state index contributed by atoms with van der Waals surface area (Å²) in [5.41, 5.74) is 1.18. The average Bonchev–Trinajstić information content (AvgIpc) is 3.03. The van der Waals surface area contributed by atoms with Gasteiger partial charge in [-0.1, -0.05) is 6.07 Å². The maximum atomic E-state index is 12.0. The molecule has 1 atom stereocenters. The normalized spacial score (nSPS) is 17.9. The van der Waals surface area contributed by atoms with Crippen LogP contribution in [0.15, 0.2) is 36.8 Å². The third kappa shape index (κ3) is 2.80. The summed E-state index contributed by atoms with van der Waals surface area (Å²) < 4.78 is 0. The van der Waals surface area contributed by atoms with Crippen molar-refractivity contribution in [1.29, 1.82) is 0 Å². The molecule has 6 nitrogen and oxygen atoms in total. The Hall–Kier alpha value is -2.34. The van der Waals surface area contributed by atoms with E-state index in [4.69, 9.17) is 0 Å². The number of nitrogens with zero attached hydrogens (tertiary/aromatic N) is 3. The summed E-state index contributed by atoms with van der Waals surface area (Å²) in [6.45, 7) is 1.01. The Morgan fingerprint density at radius 3 is 2.85 bits per heavy atom. The molecular weight excluding hydrogens is 254 g/mol. The van der Waals surface area contributed by atoms with Crippen LogP contribution in [0.2, 0.25) is 0 Å². The Labute approximate surface area is 116 Å². The number of hydrogen-bond donors (Lipinski definition) is 2. The monoisotopic (exact) mass is 269 g/mol. The lowest BCUT2D eigenvalue weighted by Crippen LogP contribution is -2.18. The van der Waals surface area contributed by atoms with E-state index in [1.54, 1.807) is 24.5 Å². The zero-order valence-corrected chi connectivity index (χ0v) is 10.9. The van der Waals surface area contributed by atoms with Crippen LogP contribution < -0.4 is 10.6 Å². The van der Waals surface area contributed by atoms with Gasteiger partial charge in [-0.3, -0.25) is 9.78 Å². The van der Waals surface area contributed by atoms with Crippen molar-refractivity contribution < 1.29 is 4.79 Å². The van der Waals surface area contributed by atoms with Gasteiger partial charge in [0.25, 0.3) is 5.91 Å². The van der Waals surface area contributed by atoms with Crippen molar-refractivity contribution in [2.45, 2.75) is 18.9 Å². The average molecular weight is 269 g/mol. The molecule has 6 heteroatoms. The van der Waals surface area contributed by atoms with Crippen LogP contribution in [0.1, 0.15) is 35.1 Å². The van der Waals surface area contributed by atoms with E-state index < -0.39 is 0 Å². The highest BCUT2D eigenvalue weighted by molar-refractivity contribution is 6.02. The highest BCUT2D eigenvalue weighted by Crippen LogP contribution is 2.20. The van der Waals surface area contributed by atoms with Crippen molar-refractivity contribution >= 4 is 11.7 Å². The molecule has 2 aromatic heterocycles. The number of hydrogen-bond acceptors (Lipinski definition) is 5. The fourth-order valence-corrected chi connectivity index (χ4v) is 2.19. The van der Waals surface area contributed by atoms with E-state index in [0.717, 1.165) is 25.1 Å². The molecule has 20 heavy (non-hydrogen) atoms. The van der Waals surface area contributed by atoms with Gasteiger partial charge < -0.3 is 10.6 Å². The molecule has 0 aromatic carbocycles. The zero-order chi connectivity index (χ0) is 13.8. The predicted octanol–water partition coefficient (Wildman–Crippen LogP) is 1.55. The van der Waals surface area contributed by atoms with Gasteiger partial charge in [-0.25, -0.2) is 9.97 Å². The van der Waals surface area contributed by atoms with Gasteiger partial charge in [0.1, 0.15) is 11.5 Å². The summed E-state index contributed by atoms with van der Waals surface area (Å²) >= 11 is 0. The molecule has 1 amide bonds. The number of pyridine rings is 1. The zero-order valence-electron chi connectivity index (χ0n) is 10.9. The van der Waals surface area contributed by atoms with Crippen LogP contribution in [0.25, 0.3) is 0 Å². The SMILES string of the molecule is O=C(Nc1ccccn1)c1cnc([C@H]2CCCN2)cn1. The van der Waals surface area contributed by atoms with Crippen molar-refractivity contribution in [2.24, 2.45) is 0 Å². The molecule has 1 aliphatic rings. The lowest BCUT2D eigenvalue weighted by molar-refractivity contribution is 0.102. The van der Waals surface area contributed by atoms with Crippen LogP contribution in [-0.2, 0) is 0 Å². The van der Waals surface area contributed by atoms with E-state index >= 15 is 0 Å². The third-order valence-electron chi connectivity index (χ3n) is 3.23. The molecule has 0 bridgehead atoms. The van der Waals surface area contributed by atoms with Crippen LogP contribution in [-0.4, -0.2) is 27.4 Å². The second-order valence-electron chi connectivity index (χ2n) is 4.64. The molecule has 0 radical (unpaired) electrons. The first kappa shape index (κ1) is 12.7. The quantitative estimate of drug-likeness (QED) is 0.883. The van der Waals surface area contributed by atoms with Crippen molar-refractivity contribution in [3.8, 4) is 0 Å². The van der Waals surface area contributed by atoms with Crippen molar-refractivity contribution in [2.75, 3.05) is 11.9 Å². The van der Waals surface area contributed by atoms with E-state index in [0.29, 0.717) is 5.82 Å². The third-order valence-corrected chi connectivity index (χ3v) is 3.23. The summed E-state index contributed by atoms with van der Waals surface area (Å²) in [6, 6.07) is 5.58. The number of nitrogens with one attached hydrogen (secondary N) is 2. The van der Waals surface area contributed by atoms with Crippen molar-refractivity contribution in [3.05, 3.63) is 48.2 Å². The van der Waals surface area contributed by atoms with E-state index in [1.165, 1.54) is 6.20 Å².